The standard InChI is InChI=1S/C7H17NOS/c1-6-7(2,3)10(5,9)8-4/h6H2,1-5H3. The Kier molecular flexibility index (Phi) is 2.89. The Balaban J connectivity index is 4.83. The van der Waals surface area contributed by atoms with E-state index < -0.39 is 9.73 Å². The van der Waals surface area contributed by atoms with Gasteiger partial charge in [-0.25, -0.2) is 8.57 Å². The van der Waals surface area contributed by atoms with Crippen LogP contribution in [0.5, 0.6) is 0 Å². The summed E-state index contributed by atoms with van der Waals surface area (Å²) in [5.41, 5.74) is 0. The van der Waals surface area contributed by atoms with Gasteiger partial charge in [-0.2, -0.15) is 0 Å². The van der Waals surface area contributed by atoms with Gasteiger partial charge in [0.1, 0.15) is 0 Å². The summed E-state index contributed by atoms with van der Waals surface area (Å²) in [7, 11) is -0.348. The molecule has 0 rings (SSSR count). The van der Waals surface area contributed by atoms with E-state index >= 15 is 0 Å². The van der Waals surface area contributed by atoms with Crippen LogP contribution in [0.1, 0.15) is 27.2 Å². The van der Waals surface area contributed by atoms with E-state index in [4.69, 9.17) is 0 Å². The maximum absolute atomic E-state index is 11.6. The van der Waals surface area contributed by atoms with Gasteiger partial charge in [-0.3, -0.25) is 0 Å². The largest absolute Gasteiger partial charge is 0.250 e. The van der Waals surface area contributed by atoms with Crippen LogP contribution in [0.2, 0.25) is 0 Å². The first-order valence-electron chi connectivity index (χ1n) is 3.47. The molecule has 1 unspecified atom stereocenters. The highest BCUT2D eigenvalue weighted by atomic mass is 32.2. The molecule has 62 valence electrons. The molecule has 0 aliphatic carbocycles. The fourth-order valence-corrected chi connectivity index (χ4v) is 1.54. The van der Waals surface area contributed by atoms with Crippen LogP contribution in [-0.4, -0.2) is 22.3 Å². The number of hydrogen-bond donors (Lipinski definition) is 0. The monoisotopic (exact) mass is 163 g/mol. The average Bonchev–Trinajstić information content (AvgIpc) is 1.88. The summed E-state index contributed by atoms with van der Waals surface area (Å²) >= 11 is 0. The van der Waals surface area contributed by atoms with Crippen molar-refractivity contribution in [3.05, 3.63) is 0 Å². The summed E-state index contributed by atoms with van der Waals surface area (Å²) in [4.78, 5) is 0. The van der Waals surface area contributed by atoms with Crippen LogP contribution in [0.25, 0.3) is 0 Å². The number of hydrogen-bond acceptors (Lipinski definition) is 2. The van der Waals surface area contributed by atoms with Crippen molar-refractivity contribution in [3.8, 4) is 0 Å². The zero-order valence-corrected chi connectivity index (χ0v) is 8.29. The zero-order valence-electron chi connectivity index (χ0n) is 7.47. The Morgan fingerprint density at radius 1 is 1.50 bits per heavy atom. The summed E-state index contributed by atoms with van der Waals surface area (Å²) in [6, 6.07) is 0. The smallest absolute Gasteiger partial charge is 0.0488 e. The summed E-state index contributed by atoms with van der Waals surface area (Å²) in [6.45, 7) is 6.01. The van der Waals surface area contributed by atoms with Crippen LogP contribution in [0, 0.1) is 0 Å². The summed E-state index contributed by atoms with van der Waals surface area (Å²) in [5.74, 6) is 0. The molecule has 3 heteroatoms. The van der Waals surface area contributed by atoms with Crippen LogP contribution >= 0.6 is 0 Å². The molecule has 0 aliphatic heterocycles. The molecule has 0 aliphatic rings. The molecule has 0 aromatic rings. The van der Waals surface area contributed by atoms with E-state index in [-0.39, 0.29) is 4.75 Å². The van der Waals surface area contributed by atoms with Crippen LogP contribution < -0.4 is 0 Å². The highest BCUT2D eigenvalue weighted by Gasteiger charge is 2.24. The normalized spacial score (nSPS) is 18.1. The van der Waals surface area contributed by atoms with Gasteiger partial charge in [-0.05, 0) is 20.3 Å². The molecular weight excluding hydrogens is 146 g/mol. The third kappa shape index (κ3) is 1.72. The van der Waals surface area contributed by atoms with E-state index in [0.29, 0.717) is 0 Å². The first-order valence-corrected chi connectivity index (χ1v) is 5.39. The van der Waals surface area contributed by atoms with Gasteiger partial charge in [0.05, 0.1) is 0 Å². The number of nitrogens with zero attached hydrogens (tertiary/aromatic N) is 1. The van der Waals surface area contributed by atoms with Crippen LogP contribution in [0.4, 0.5) is 0 Å². The molecule has 0 heterocycles. The Labute approximate surface area is 64.2 Å². The maximum atomic E-state index is 11.6. The second kappa shape index (κ2) is 2.91. The highest BCUT2D eigenvalue weighted by Crippen LogP contribution is 2.20. The van der Waals surface area contributed by atoms with Gasteiger partial charge in [0.2, 0.25) is 0 Å². The Bertz CT molecular complexity index is 212. The van der Waals surface area contributed by atoms with E-state index in [0.717, 1.165) is 6.42 Å². The second-order valence-electron chi connectivity index (χ2n) is 3.10. The molecule has 0 fully saturated rings. The molecule has 0 radical (unpaired) electrons. The summed E-state index contributed by atoms with van der Waals surface area (Å²) < 4.78 is 15.4. The lowest BCUT2D eigenvalue weighted by atomic mass is 10.1. The first-order chi connectivity index (χ1) is 4.37. The fraction of sp³-hybridized carbons (Fsp3) is 1.00. The zero-order chi connectivity index (χ0) is 8.41. The summed E-state index contributed by atoms with van der Waals surface area (Å²) in [6.07, 6.45) is 2.62. The van der Waals surface area contributed by atoms with E-state index in [1.165, 1.54) is 0 Å². The minimum Gasteiger partial charge on any atom is -0.250 e. The van der Waals surface area contributed by atoms with Crippen molar-refractivity contribution >= 4 is 9.73 Å². The van der Waals surface area contributed by atoms with Crippen molar-refractivity contribution in [1.82, 2.24) is 0 Å². The van der Waals surface area contributed by atoms with Gasteiger partial charge in [0, 0.05) is 27.8 Å². The lowest BCUT2D eigenvalue weighted by Crippen LogP contribution is -2.29. The van der Waals surface area contributed by atoms with Crippen molar-refractivity contribution in [2.45, 2.75) is 31.9 Å². The van der Waals surface area contributed by atoms with Crippen molar-refractivity contribution in [1.29, 1.82) is 0 Å². The third-order valence-corrected chi connectivity index (χ3v) is 5.26. The van der Waals surface area contributed by atoms with Crippen LogP contribution in [0.3, 0.4) is 0 Å². The Morgan fingerprint density at radius 3 is 2.00 bits per heavy atom. The van der Waals surface area contributed by atoms with E-state index in [1.54, 1.807) is 13.3 Å². The minimum atomic E-state index is -1.97. The first kappa shape index (κ1) is 9.95. The van der Waals surface area contributed by atoms with Gasteiger partial charge >= 0.3 is 0 Å². The second-order valence-corrected chi connectivity index (χ2v) is 6.17. The van der Waals surface area contributed by atoms with Gasteiger partial charge in [0.25, 0.3) is 0 Å². The van der Waals surface area contributed by atoms with Crippen molar-refractivity contribution < 1.29 is 4.21 Å². The van der Waals surface area contributed by atoms with Crippen LogP contribution in [0.15, 0.2) is 4.36 Å². The summed E-state index contributed by atoms with van der Waals surface area (Å²) in [5, 5.41) is 0. The van der Waals surface area contributed by atoms with E-state index in [1.807, 2.05) is 20.8 Å². The molecule has 0 spiro atoms. The molecular formula is C7H17NOS. The highest BCUT2D eigenvalue weighted by molar-refractivity contribution is 7.94. The topological polar surface area (TPSA) is 29.4 Å². The van der Waals surface area contributed by atoms with Crippen LogP contribution in [-0.2, 0) is 9.73 Å². The fourth-order valence-electron chi connectivity index (χ4n) is 0.515. The predicted molar refractivity (Wildman–Crippen MR) is 46.8 cm³/mol. The lowest BCUT2D eigenvalue weighted by Gasteiger charge is -2.23. The minimum absolute atomic E-state index is 0.151. The van der Waals surface area contributed by atoms with Gasteiger partial charge in [0.15, 0.2) is 0 Å². The molecule has 10 heavy (non-hydrogen) atoms. The number of rotatable bonds is 2. The quantitative estimate of drug-likeness (QED) is 0.611. The van der Waals surface area contributed by atoms with E-state index in [9.17, 15) is 4.21 Å². The average molecular weight is 163 g/mol. The van der Waals surface area contributed by atoms with Crippen molar-refractivity contribution in [3.63, 3.8) is 0 Å². The molecule has 0 saturated heterocycles. The Hall–Kier alpha value is -0.0500. The molecule has 2 nitrogen and oxygen atoms in total. The van der Waals surface area contributed by atoms with Crippen molar-refractivity contribution in [2.75, 3.05) is 13.3 Å². The molecule has 0 N–H and O–H groups in total. The SMILES string of the molecule is CCC(C)(C)S(C)(=O)=NC. The maximum Gasteiger partial charge on any atom is 0.0488 e. The third-order valence-electron chi connectivity index (χ3n) is 2.23. The lowest BCUT2D eigenvalue weighted by molar-refractivity contribution is 0.608. The molecule has 0 bridgehead atoms. The molecule has 0 aromatic carbocycles. The molecule has 0 amide bonds. The van der Waals surface area contributed by atoms with Crippen molar-refractivity contribution in [2.24, 2.45) is 4.36 Å². The molecule has 0 saturated carbocycles. The molecule has 1 atom stereocenters. The van der Waals surface area contributed by atoms with Gasteiger partial charge in [-0.1, -0.05) is 6.92 Å². The predicted octanol–water partition coefficient (Wildman–Crippen LogP) is 1.90. The van der Waals surface area contributed by atoms with E-state index in [2.05, 4.69) is 4.36 Å². The van der Waals surface area contributed by atoms with Gasteiger partial charge < -0.3 is 0 Å². The Morgan fingerprint density at radius 2 is 1.90 bits per heavy atom. The molecule has 0 aromatic heterocycles. The van der Waals surface area contributed by atoms with Gasteiger partial charge in [-0.15, -0.1) is 0 Å².